The van der Waals surface area contributed by atoms with Crippen molar-refractivity contribution in [2.24, 2.45) is 0 Å². The molecule has 4 bridgehead atoms. The smallest absolute Gasteiger partial charge is 0.00239 e. The Bertz CT molecular complexity index is 1830. The van der Waals surface area contributed by atoms with Crippen LogP contribution in [0.5, 0.6) is 0 Å². The Morgan fingerprint density at radius 1 is 0.250 bits per heavy atom. The minimum Gasteiger partial charge on any atom is -0.0578 e. The molecule has 0 aliphatic heterocycles. The second kappa shape index (κ2) is 6.74. The van der Waals surface area contributed by atoms with Crippen molar-refractivity contribution in [3.05, 3.63) is 119 Å². The molecule has 0 atom stereocenters. The van der Waals surface area contributed by atoms with Gasteiger partial charge in [0.2, 0.25) is 0 Å². The number of hydrogen-bond donors (Lipinski definition) is 0. The van der Waals surface area contributed by atoms with Crippen LogP contribution in [-0.4, -0.2) is 0 Å². The van der Waals surface area contributed by atoms with E-state index in [0.29, 0.717) is 0 Å². The summed E-state index contributed by atoms with van der Waals surface area (Å²) in [7, 11) is 0. The maximum Gasteiger partial charge on any atom is -0.00239 e. The van der Waals surface area contributed by atoms with Crippen molar-refractivity contribution in [3.8, 4) is 0 Å². The summed E-state index contributed by atoms with van der Waals surface area (Å²) < 4.78 is 0. The molecular formula is C36H24. The molecule has 8 aromatic carbocycles. The molecule has 9 rings (SSSR count). The fraction of sp³-hybridized carbons (Fsp3) is 0.111. The molecule has 8 aromatic rings. The summed E-state index contributed by atoms with van der Waals surface area (Å²) in [6.07, 6.45) is 4.21. The summed E-state index contributed by atoms with van der Waals surface area (Å²) in [5, 5.41) is 16.9. The summed E-state index contributed by atoms with van der Waals surface area (Å²) in [6, 6.07) is 37.7. The topological polar surface area (TPSA) is 0 Å². The van der Waals surface area contributed by atoms with Crippen molar-refractivity contribution in [1.29, 1.82) is 0 Å². The minimum absolute atomic E-state index is 1.05. The highest BCUT2D eigenvalue weighted by atomic mass is 14.2. The van der Waals surface area contributed by atoms with Crippen LogP contribution < -0.4 is 0 Å². The zero-order valence-corrected chi connectivity index (χ0v) is 20.1. The van der Waals surface area contributed by atoms with Crippen molar-refractivity contribution < 1.29 is 0 Å². The third-order valence-corrected chi connectivity index (χ3v) is 9.02. The van der Waals surface area contributed by atoms with E-state index in [9.17, 15) is 0 Å². The first kappa shape index (κ1) is 19.1. The van der Waals surface area contributed by atoms with Crippen LogP contribution in [0.3, 0.4) is 0 Å². The summed E-state index contributed by atoms with van der Waals surface area (Å²) in [5.74, 6) is 0. The molecule has 36 heavy (non-hydrogen) atoms. The predicted octanol–water partition coefficient (Wildman–Crippen LogP) is 9.37. The first-order chi connectivity index (χ1) is 17.8. The minimum atomic E-state index is 1.05. The molecule has 0 saturated heterocycles. The monoisotopic (exact) mass is 456 g/mol. The molecule has 0 nitrogen and oxygen atoms in total. The van der Waals surface area contributed by atoms with Gasteiger partial charge < -0.3 is 0 Å². The molecular weight excluding hydrogens is 432 g/mol. The van der Waals surface area contributed by atoms with Crippen LogP contribution in [0.2, 0.25) is 0 Å². The first-order valence-corrected chi connectivity index (χ1v) is 13.2. The Hall–Kier alpha value is -4.16. The van der Waals surface area contributed by atoms with Crippen molar-refractivity contribution in [1.82, 2.24) is 0 Å². The number of aryl methyl sites for hydroxylation is 4. The highest BCUT2D eigenvalue weighted by molar-refractivity contribution is 6.25. The van der Waals surface area contributed by atoms with Crippen molar-refractivity contribution in [2.45, 2.75) is 25.7 Å². The van der Waals surface area contributed by atoms with Crippen molar-refractivity contribution >= 4 is 64.6 Å². The lowest BCUT2D eigenvalue weighted by atomic mass is 9.85. The van der Waals surface area contributed by atoms with Gasteiger partial charge in [-0.05, 0) is 113 Å². The van der Waals surface area contributed by atoms with Gasteiger partial charge in [-0.2, -0.15) is 0 Å². The molecule has 0 spiro atoms. The van der Waals surface area contributed by atoms with Gasteiger partial charge in [0.05, 0.1) is 0 Å². The second-order valence-electron chi connectivity index (χ2n) is 10.7. The molecule has 0 N–H and O–H groups in total. The van der Waals surface area contributed by atoms with Gasteiger partial charge >= 0.3 is 0 Å². The number of hydrogen-bond acceptors (Lipinski definition) is 0. The average Bonchev–Trinajstić information content (AvgIpc) is 2.93. The van der Waals surface area contributed by atoms with Crippen LogP contribution in [0.1, 0.15) is 22.3 Å². The van der Waals surface area contributed by atoms with E-state index < -0.39 is 0 Å². The first-order valence-electron chi connectivity index (χ1n) is 13.2. The SMILES string of the molecule is c1cc2ccc3ccc4c5ccc(c1CCc1ccc6ccc7ccc(c8ccc1c6c78)CC4)c2c35. The van der Waals surface area contributed by atoms with Gasteiger partial charge in [-0.15, -0.1) is 0 Å². The van der Waals surface area contributed by atoms with Crippen LogP contribution in [-0.2, 0) is 25.7 Å². The molecule has 0 radical (unpaired) electrons. The van der Waals surface area contributed by atoms with E-state index >= 15 is 0 Å². The van der Waals surface area contributed by atoms with Crippen molar-refractivity contribution in [2.75, 3.05) is 0 Å². The second-order valence-corrected chi connectivity index (χ2v) is 10.7. The Morgan fingerprint density at radius 2 is 0.472 bits per heavy atom. The van der Waals surface area contributed by atoms with Gasteiger partial charge in [-0.3, -0.25) is 0 Å². The predicted molar refractivity (Wildman–Crippen MR) is 155 cm³/mol. The van der Waals surface area contributed by atoms with Crippen LogP contribution in [0.4, 0.5) is 0 Å². The van der Waals surface area contributed by atoms with E-state index in [4.69, 9.17) is 0 Å². The summed E-state index contributed by atoms with van der Waals surface area (Å²) in [4.78, 5) is 0. The van der Waals surface area contributed by atoms with E-state index in [1.165, 1.54) is 86.9 Å². The molecule has 0 unspecified atom stereocenters. The zero-order valence-electron chi connectivity index (χ0n) is 20.1. The standard InChI is InChI=1S/C36H24/c1-2-22-6-10-26-15-16-28-12-8-24(32-20-19-30(22)34(26)36(28)32)4-3-23-7-11-27-14-13-25-9-5-21(1)29-17-18-31(23)35(27)33(25)29/h5-20H,1-4H2. The zero-order chi connectivity index (χ0) is 23.4. The number of benzene rings is 8. The maximum absolute atomic E-state index is 2.40. The van der Waals surface area contributed by atoms with Crippen LogP contribution >= 0.6 is 0 Å². The highest BCUT2D eigenvalue weighted by Gasteiger charge is 2.17. The van der Waals surface area contributed by atoms with Gasteiger partial charge in [0.15, 0.2) is 0 Å². The normalized spacial score (nSPS) is 14.2. The van der Waals surface area contributed by atoms with Gasteiger partial charge in [0, 0.05) is 0 Å². The largest absolute Gasteiger partial charge is 0.0578 e. The van der Waals surface area contributed by atoms with E-state index in [0.717, 1.165) is 25.7 Å². The van der Waals surface area contributed by atoms with Gasteiger partial charge in [0.1, 0.15) is 0 Å². The molecule has 0 heterocycles. The fourth-order valence-electron chi connectivity index (χ4n) is 7.25. The lowest BCUT2D eigenvalue weighted by molar-refractivity contribution is 0.976. The fourth-order valence-corrected chi connectivity index (χ4v) is 7.25. The molecule has 0 aromatic heterocycles. The van der Waals surface area contributed by atoms with E-state index in [1.807, 2.05) is 0 Å². The summed E-state index contributed by atoms with van der Waals surface area (Å²) >= 11 is 0. The lowest BCUT2D eigenvalue weighted by Gasteiger charge is -2.19. The third-order valence-electron chi connectivity index (χ3n) is 9.02. The average molecular weight is 457 g/mol. The molecule has 0 fully saturated rings. The number of rotatable bonds is 0. The van der Waals surface area contributed by atoms with Gasteiger partial charge in [-0.1, -0.05) is 97.1 Å². The lowest BCUT2D eigenvalue weighted by Crippen LogP contribution is -1.99. The van der Waals surface area contributed by atoms with E-state index in [1.54, 1.807) is 0 Å². The maximum atomic E-state index is 2.40. The summed E-state index contributed by atoms with van der Waals surface area (Å²) in [5.41, 5.74) is 5.84. The molecule has 0 amide bonds. The molecule has 0 saturated carbocycles. The van der Waals surface area contributed by atoms with Crippen molar-refractivity contribution in [3.63, 3.8) is 0 Å². The summed E-state index contributed by atoms with van der Waals surface area (Å²) in [6.45, 7) is 0. The van der Waals surface area contributed by atoms with Gasteiger partial charge in [0.25, 0.3) is 0 Å². The van der Waals surface area contributed by atoms with E-state index in [-0.39, 0.29) is 0 Å². The molecule has 0 heteroatoms. The Labute approximate surface area is 209 Å². The molecule has 1 aliphatic carbocycles. The quantitative estimate of drug-likeness (QED) is 0.199. The van der Waals surface area contributed by atoms with Gasteiger partial charge in [-0.25, -0.2) is 0 Å². The Kier molecular flexibility index (Phi) is 3.57. The van der Waals surface area contributed by atoms with Crippen LogP contribution in [0, 0.1) is 0 Å². The number of fused-ring (bicyclic) bond motifs is 2. The molecule has 168 valence electrons. The molecule has 1 aliphatic rings. The third kappa shape index (κ3) is 2.39. The highest BCUT2D eigenvalue weighted by Crippen LogP contribution is 2.41. The Balaban J connectivity index is 1.41. The van der Waals surface area contributed by atoms with Crippen LogP contribution in [0.15, 0.2) is 97.1 Å². The Morgan fingerprint density at radius 3 is 0.722 bits per heavy atom. The van der Waals surface area contributed by atoms with Crippen LogP contribution in [0.25, 0.3) is 64.6 Å². The van der Waals surface area contributed by atoms with E-state index in [2.05, 4.69) is 97.1 Å².